The maximum atomic E-state index is 10.6. The van der Waals surface area contributed by atoms with Gasteiger partial charge in [0.1, 0.15) is 5.75 Å². The zero-order valence-electron chi connectivity index (χ0n) is 12.7. The van der Waals surface area contributed by atoms with Crippen LogP contribution in [-0.4, -0.2) is 24.4 Å². The first kappa shape index (κ1) is 15.3. The largest absolute Gasteiger partial charge is 0.497 e. The Hall–Kier alpha value is -1.06. The van der Waals surface area contributed by atoms with E-state index >= 15 is 0 Å². The Kier molecular flexibility index (Phi) is 5.44. The lowest BCUT2D eigenvalue weighted by atomic mass is 9.94. The lowest BCUT2D eigenvalue weighted by molar-refractivity contribution is 0.0231. The highest BCUT2D eigenvalue weighted by Crippen LogP contribution is 2.27. The van der Waals surface area contributed by atoms with E-state index in [1.165, 1.54) is 18.4 Å². The Balaban J connectivity index is 1.88. The Morgan fingerprint density at radius 1 is 1.15 bits per heavy atom. The van der Waals surface area contributed by atoms with Crippen molar-refractivity contribution in [1.82, 2.24) is 5.32 Å². The van der Waals surface area contributed by atoms with Crippen molar-refractivity contribution >= 4 is 0 Å². The molecule has 1 atom stereocenters. The standard InChI is InChI=1S/C17H27NO2/c1-14(15-7-9-16(20-2)10-8-15)18-13-17(19)11-5-3-4-6-12-17/h7-10,14,18-19H,3-6,11-13H2,1-2H3/t14-/m0/s1. The molecule has 20 heavy (non-hydrogen) atoms. The van der Waals surface area contributed by atoms with Crippen LogP contribution in [-0.2, 0) is 0 Å². The number of methoxy groups -OCH3 is 1. The van der Waals surface area contributed by atoms with E-state index in [1.54, 1.807) is 7.11 Å². The van der Waals surface area contributed by atoms with Crippen LogP contribution in [0.2, 0.25) is 0 Å². The highest BCUT2D eigenvalue weighted by Gasteiger charge is 2.28. The fraction of sp³-hybridized carbons (Fsp3) is 0.647. The Labute approximate surface area is 122 Å². The molecule has 1 aromatic rings. The van der Waals surface area contributed by atoms with E-state index < -0.39 is 5.60 Å². The molecule has 0 unspecified atom stereocenters. The molecule has 0 heterocycles. The molecule has 2 N–H and O–H groups in total. The van der Waals surface area contributed by atoms with Gasteiger partial charge in [-0.2, -0.15) is 0 Å². The highest BCUT2D eigenvalue weighted by atomic mass is 16.5. The van der Waals surface area contributed by atoms with Crippen LogP contribution in [0, 0.1) is 0 Å². The minimum absolute atomic E-state index is 0.244. The van der Waals surface area contributed by atoms with Crippen molar-refractivity contribution in [3.63, 3.8) is 0 Å². The molecule has 0 aromatic heterocycles. The quantitative estimate of drug-likeness (QED) is 0.810. The summed E-state index contributed by atoms with van der Waals surface area (Å²) in [5.41, 5.74) is 0.708. The summed E-state index contributed by atoms with van der Waals surface area (Å²) in [6.07, 6.45) is 6.67. The van der Waals surface area contributed by atoms with Crippen molar-refractivity contribution < 1.29 is 9.84 Å². The summed E-state index contributed by atoms with van der Waals surface area (Å²) < 4.78 is 5.17. The minimum atomic E-state index is -0.517. The molecule has 0 spiro atoms. The predicted octanol–water partition coefficient (Wildman–Crippen LogP) is 3.43. The first-order valence-corrected chi connectivity index (χ1v) is 7.73. The molecular weight excluding hydrogens is 250 g/mol. The molecule has 2 rings (SSSR count). The van der Waals surface area contributed by atoms with Gasteiger partial charge in [0.15, 0.2) is 0 Å². The molecule has 0 radical (unpaired) electrons. The molecule has 1 saturated carbocycles. The lowest BCUT2D eigenvalue weighted by Gasteiger charge is -2.29. The van der Waals surface area contributed by atoms with Crippen LogP contribution in [0.5, 0.6) is 5.75 Å². The third-order valence-corrected chi connectivity index (χ3v) is 4.39. The van der Waals surface area contributed by atoms with Gasteiger partial charge in [0.25, 0.3) is 0 Å². The first-order valence-electron chi connectivity index (χ1n) is 7.73. The molecule has 112 valence electrons. The minimum Gasteiger partial charge on any atom is -0.497 e. The maximum Gasteiger partial charge on any atom is 0.118 e. The molecule has 1 fully saturated rings. The first-order chi connectivity index (χ1) is 9.63. The molecule has 0 aliphatic heterocycles. The van der Waals surface area contributed by atoms with Crippen molar-refractivity contribution in [2.24, 2.45) is 0 Å². The van der Waals surface area contributed by atoms with E-state index in [-0.39, 0.29) is 6.04 Å². The van der Waals surface area contributed by atoms with Gasteiger partial charge in [-0.15, -0.1) is 0 Å². The van der Waals surface area contributed by atoms with Crippen LogP contribution in [0.4, 0.5) is 0 Å². The summed E-state index contributed by atoms with van der Waals surface area (Å²) in [4.78, 5) is 0. The van der Waals surface area contributed by atoms with Crippen molar-refractivity contribution in [3.8, 4) is 5.75 Å². The second-order valence-electron chi connectivity index (χ2n) is 6.01. The van der Waals surface area contributed by atoms with Gasteiger partial charge in [-0.1, -0.05) is 37.8 Å². The second kappa shape index (κ2) is 7.09. The fourth-order valence-electron chi connectivity index (χ4n) is 2.92. The average molecular weight is 277 g/mol. The van der Waals surface area contributed by atoms with Crippen molar-refractivity contribution in [2.45, 2.75) is 57.1 Å². The zero-order chi connectivity index (χ0) is 14.4. The number of aliphatic hydroxyl groups is 1. The molecule has 0 bridgehead atoms. The molecule has 3 heteroatoms. The van der Waals surface area contributed by atoms with Gasteiger partial charge in [-0.05, 0) is 37.5 Å². The monoisotopic (exact) mass is 277 g/mol. The van der Waals surface area contributed by atoms with Gasteiger partial charge < -0.3 is 15.2 Å². The van der Waals surface area contributed by atoms with E-state index in [2.05, 4.69) is 24.4 Å². The summed E-state index contributed by atoms with van der Waals surface area (Å²) in [6, 6.07) is 8.36. The predicted molar refractivity (Wildman–Crippen MR) is 82.1 cm³/mol. The van der Waals surface area contributed by atoms with Gasteiger partial charge in [-0.25, -0.2) is 0 Å². The molecular formula is C17H27NO2. The van der Waals surface area contributed by atoms with Crippen LogP contribution >= 0.6 is 0 Å². The number of hydrogen-bond acceptors (Lipinski definition) is 3. The van der Waals surface area contributed by atoms with Crippen LogP contribution in [0.1, 0.15) is 57.1 Å². The summed E-state index contributed by atoms with van der Waals surface area (Å²) in [5.74, 6) is 0.878. The average Bonchev–Trinajstić information content (AvgIpc) is 2.70. The van der Waals surface area contributed by atoms with E-state index in [0.29, 0.717) is 6.54 Å². The smallest absolute Gasteiger partial charge is 0.118 e. The molecule has 0 saturated heterocycles. The number of benzene rings is 1. The zero-order valence-corrected chi connectivity index (χ0v) is 12.7. The van der Waals surface area contributed by atoms with E-state index in [1.807, 2.05) is 12.1 Å². The van der Waals surface area contributed by atoms with Crippen LogP contribution < -0.4 is 10.1 Å². The fourth-order valence-corrected chi connectivity index (χ4v) is 2.92. The molecule has 3 nitrogen and oxygen atoms in total. The van der Waals surface area contributed by atoms with E-state index in [4.69, 9.17) is 4.74 Å². The molecule has 1 aliphatic carbocycles. The van der Waals surface area contributed by atoms with Gasteiger partial charge >= 0.3 is 0 Å². The molecule has 1 aliphatic rings. The number of rotatable bonds is 5. The normalized spacial score (nSPS) is 20.1. The second-order valence-corrected chi connectivity index (χ2v) is 6.01. The Bertz CT molecular complexity index is 394. The van der Waals surface area contributed by atoms with Crippen LogP contribution in [0.15, 0.2) is 24.3 Å². The summed E-state index contributed by atoms with van der Waals surface area (Å²) in [6.45, 7) is 2.82. The van der Waals surface area contributed by atoms with Crippen LogP contribution in [0.3, 0.4) is 0 Å². The van der Waals surface area contributed by atoms with Gasteiger partial charge in [0.05, 0.1) is 12.7 Å². The van der Waals surface area contributed by atoms with Gasteiger partial charge in [-0.3, -0.25) is 0 Å². The number of hydrogen-bond donors (Lipinski definition) is 2. The van der Waals surface area contributed by atoms with Crippen molar-refractivity contribution in [3.05, 3.63) is 29.8 Å². The highest BCUT2D eigenvalue weighted by molar-refractivity contribution is 5.28. The topological polar surface area (TPSA) is 41.5 Å². The summed E-state index contributed by atoms with van der Waals surface area (Å²) in [5, 5.41) is 14.1. The Morgan fingerprint density at radius 2 is 1.75 bits per heavy atom. The number of nitrogens with one attached hydrogen (secondary N) is 1. The Morgan fingerprint density at radius 3 is 2.30 bits per heavy atom. The van der Waals surface area contributed by atoms with Crippen molar-refractivity contribution in [1.29, 1.82) is 0 Å². The lowest BCUT2D eigenvalue weighted by Crippen LogP contribution is -2.41. The molecule has 1 aromatic carbocycles. The van der Waals surface area contributed by atoms with Crippen molar-refractivity contribution in [2.75, 3.05) is 13.7 Å². The van der Waals surface area contributed by atoms with E-state index in [0.717, 1.165) is 31.4 Å². The summed E-state index contributed by atoms with van der Waals surface area (Å²) in [7, 11) is 1.68. The molecule has 0 amide bonds. The third-order valence-electron chi connectivity index (χ3n) is 4.39. The van der Waals surface area contributed by atoms with Gasteiger partial charge in [0, 0.05) is 12.6 Å². The maximum absolute atomic E-state index is 10.6. The van der Waals surface area contributed by atoms with Gasteiger partial charge in [0.2, 0.25) is 0 Å². The number of ether oxygens (including phenoxy) is 1. The SMILES string of the molecule is COc1ccc([C@H](C)NCC2(O)CCCCCC2)cc1. The van der Waals surface area contributed by atoms with Crippen LogP contribution in [0.25, 0.3) is 0 Å². The summed E-state index contributed by atoms with van der Waals surface area (Å²) >= 11 is 0. The van der Waals surface area contributed by atoms with E-state index in [9.17, 15) is 5.11 Å². The third kappa shape index (κ3) is 4.22.